The molecule has 3 atom stereocenters. The number of amides is 2. The molecule has 0 bridgehead atoms. The van der Waals surface area contributed by atoms with Crippen LogP contribution in [0.15, 0.2) is 84.9 Å². The van der Waals surface area contributed by atoms with Crippen molar-refractivity contribution in [1.29, 1.82) is 0 Å². The molecule has 1 saturated carbocycles. The summed E-state index contributed by atoms with van der Waals surface area (Å²) in [4.78, 5) is 52.6. The first kappa shape index (κ1) is 22.7. The van der Waals surface area contributed by atoms with Gasteiger partial charge in [0.15, 0.2) is 12.4 Å². The summed E-state index contributed by atoms with van der Waals surface area (Å²) in [7, 11) is 0. The van der Waals surface area contributed by atoms with Crippen molar-refractivity contribution in [2.75, 3.05) is 11.5 Å². The fourth-order valence-corrected chi connectivity index (χ4v) is 5.16. The number of anilines is 1. The second kappa shape index (κ2) is 9.66. The third-order valence-electron chi connectivity index (χ3n) is 6.97. The van der Waals surface area contributed by atoms with Gasteiger partial charge in [0.25, 0.3) is 0 Å². The average molecular weight is 468 g/mol. The Morgan fingerprint density at radius 1 is 0.771 bits per heavy atom. The van der Waals surface area contributed by atoms with Gasteiger partial charge < -0.3 is 4.74 Å². The van der Waals surface area contributed by atoms with E-state index in [4.69, 9.17) is 4.74 Å². The predicted octanol–water partition coefficient (Wildman–Crippen LogP) is 4.80. The monoisotopic (exact) mass is 467 g/mol. The van der Waals surface area contributed by atoms with Crippen LogP contribution in [0, 0.1) is 11.8 Å². The van der Waals surface area contributed by atoms with Gasteiger partial charge in [-0.15, -0.1) is 0 Å². The largest absolute Gasteiger partial charge is 0.454 e. The van der Waals surface area contributed by atoms with E-state index in [-0.39, 0.29) is 47.5 Å². The number of ketones is 1. The SMILES string of the molecule is O=C(COC(=O)c1cccc(N2C(=O)[C@H]3CC[C@H](c4ccccc4)C[C@H]3C2=O)c1)c1ccccc1. The van der Waals surface area contributed by atoms with Gasteiger partial charge in [0.1, 0.15) is 0 Å². The van der Waals surface area contributed by atoms with Crippen molar-refractivity contribution >= 4 is 29.3 Å². The number of carbonyl (C=O) groups excluding carboxylic acids is 4. The topological polar surface area (TPSA) is 80.8 Å². The molecule has 2 fully saturated rings. The number of hydrogen-bond acceptors (Lipinski definition) is 5. The van der Waals surface area contributed by atoms with Crippen LogP contribution in [0.4, 0.5) is 5.69 Å². The Hall–Kier alpha value is -4.06. The van der Waals surface area contributed by atoms with E-state index < -0.39 is 5.97 Å². The third-order valence-corrected chi connectivity index (χ3v) is 6.97. The van der Waals surface area contributed by atoms with Crippen LogP contribution in [0.2, 0.25) is 0 Å². The summed E-state index contributed by atoms with van der Waals surface area (Å²) in [6.45, 7) is -0.389. The highest BCUT2D eigenvalue weighted by molar-refractivity contribution is 6.22. The second-order valence-electron chi connectivity index (χ2n) is 9.06. The minimum absolute atomic E-state index is 0.181. The molecule has 5 rings (SSSR count). The molecule has 2 aliphatic rings. The number of carbonyl (C=O) groups is 4. The number of ether oxygens (including phenoxy) is 1. The number of rotatable bonds is 6. The number of imide groups is 1. The predicted molar refractivity (Wildman–Crippen MR) is 130 cm³/mol. The van der Waals surface area contributed by atoms with Gasteiger partial charge in [0, 0.05) is 5.56 Å². The van der Waals surface area contributed by atoms with Crippen molar-refractivity contribution in [1.82, 2.24) is 0 Å². The average Bonchev–Trinajstić information content (AvgIpc) is 3.17. The molecule has 1 heterocycles. The Kier molecular flexibility index (Phi) is 6.27. The van der Waals surface area contributed by atoms with Gasteiger partial charge in [0.2, 0.25) is 11.8 Å². The number of Topliss-reactive ketones (excluding diaryl/α,β-unsaturated/α-hetero) is 1. The van der Waals surface area contributed by atoms with Crippen LogP contribution >= 0.6 is 0 Å². The Balaban J connectivity index is 1.29. The molecule has 1 aliphatic carbocycles. The maximum atomic E-state index is 13.3. The molecule has 6 heteroatoms. The molecular formula is C29H25NO5. The van der Waals surface area contributed by atoms with Crippen LogP contribution < -0.4 is 4.90 Å². The van der Waals surface area contributed by atoms with Crippen molar-refractivity contribution in [2.45, 2.75) is 25.2 Å². The highest BCUT2D eigenvalue weighted by Crippen LogP contribution is 2.45. The van der Waals surface area contributed by atoms with Gasteiger partial charge in [-0.25, -0.2) is 4.79 Å². The molecule has 2 amide bonds. The molecule has 3 aromatic rings. The molecule has 0 spiro atoms. The summed E-state index contributed by atoms with van der Waals surface area (Å²) in [5.74, 6) is -1.87. The molecular weight excluding hydrogens is 442 g/mol. The zero-order valence-corrected chi connectivity index (χ0v) is 19.1. The highest BCUT2D eigenvalue weighted by Gasteiger charge is 2.50. The van der Waals surface area contributed by atoms with Crippen LogP contribution in [0.1, 0.15) is 51.5 Å². The molecule has 0 radical (unpaired) electrons. The van der Waals surface area contributed by atoms with Gasteiger partial charge >= 0.3 is 5.97 Å². The fraction of sp³-hybridized carbons (Fsp3) is 0.241. The number of esters is 1. The Bertz CT molecular complexity index is 1270. The maximum Gasteiger partial charge on any atom is 0.338 e. The normalized spacial score (nSPS) is 21.5. The van der Waals surface area contributed by atoms with Crippen LogP contribution in [0.25, 0.3) is 0 Å². The molecule has 0 N–H and O–H groups in total. The lowest BCUT2D eigenvalue weighted by Crippen LogP contribution is -2.31. The van der Waals surface area contributed by atoms with Crippen molar-refractivity contribution in [2.24, 2.45) is 11.8 Å². The number of nitrogens with zero attached hydrogens (tertiary/aromatic N) is 1. The molecule has 0 aromatic heterocycles. The first-order chi connectivity index (χ1) is 17.0. The molecule has 1 aliphatic heterocycles. The first-order valence-electron chi connectivity index (χ1n) is 11.8. The third kappa shape index (κ3) is 4.52. The van der Waals surface area contributed by atoms with Gasteiger partial charge in [-0.1, -0.05) is 66.7 Å². The van der Waals surface area contributed by atoms with Crippen molar-refractivity contribution in [3.05, 3.63) is 102 Å². The van der Waals surface area contributed by atoms with Crippen LogP contribution in [-0.2, 0) is 14.3 Å². The van der Waals surface area contributed by atoms with Crippen LogP contribution in [-0.4, -0.2) is 30.2 Å². The summed E-state index contributed by atoms with van der Waals surface area (Å²) in [5, 5.41) is 0. The molecule has 35 heavy (non-hydrogen) atoms. The number of fused-ring (bicyclic) bond motifs is 1. The Morgan fingerprint density at radius 3 is 2.17 bits per heavy atom. The lowest BCUT2D eigenvalue weighted by molar-refractivity contribution is -0.122. The van der Waals surface area contributed by atoms with E-state index in [0.717, 1.165) is 6.42 Å². The van der Waals surface area contributed by atoms with Gasteiger partial charge in [-0.2, -0.15) is 0 Å². The molecule has 6 nitrogen and oxygen atoms in total. The second-order valence-corrected chi connectivity index (χ2v) is 9.06. The first-order valence-corrected chi connectivity index (χ1v) is 11.8. The zero-order chi connectivity index (χ0) is 24.4. The molecule has 3 aromatic carbocycles. The van der Waals surface area contributed by atoms with Crippen LogP contribution in [0.5, 0.6) is 0 Å². The minimum atomic E-state index is -0.684. The lowest BCUT2D eigenvalue weighted by atomic mass is 9.73. The fourth-order valence-electron chi connectivity index (χ4n) is 5.16. The van der Waals surface area contributed by atoms with E-state index in [1.165, 1.54) is 16.5 Å². The van der Waals surface area contributed by atoms with Crippen molar-refractivity contribution < 1.29 is 23.9 Å². The summed E-state index contributed by atoms with van der Waals surface area (Å²) < 4.78 is 5.20. The summed E-state index contributed by atoms with van der Waals surface area (Å²) in [6.07, 6.45) is 2.16. The van der Waals surface area contributed by atoms with E-state index in [2.05, 4.69) is 12.1 Å². The van der Waals surface area contributed by atoms with E-state index >= 15 is 0 Å². The minimum Gasteiger partial charge on any atom is -0.454 e. The van der Waals surface area contributed by atoms with Crippen molar-refractivity contribution in [3.8, 4) is 0 Å². The van der Waals surface area contributed by atoms with Crippen LogP contribution in [0.3, 0.4) is 0 Å². The van der Waals surface area contributed by atoms with Gasteiger partial charge in [-0.3, -0.25) is 19.3 Å². The molecule has 0 unspecified atom stereocenters. The summed E-state index contributed by atoms with van der Waals surface area (Å²) >= 11 is 0. The standard InChI is InChI=1S/C29H25NO5/c31-26(20-10-5-2-6-11-20)18-35-29(34)22-12-7-13-23(16-22)30-27(32)24-15-14-21(17-25(24)28(30)33)19-8-3-1-4-9-19/h1-13,16,21,24-25H,14-15,17-18H2/t21-,24-,25+/m0/s1. The highest BCUT2D eigenvalue weighted by atomic mass is 16.5. The van der Waals surface area contributed by atoms with E-state index in [1.807, 2.05) is 18.2 Å². The quantitative estimate of drug-likeness (QED) is 0.296. The van der Waals surface area contributed by atoms with Gasteiger partial charge in [0.05, 0.1) is 23.1 Å². The number of hydrogen-bond donors (Lipinski definition) is 0. The smallest absolute Gasteiger partial charge is 0.338 e. The number of benzene rings is 3. The van der Waals surface area contributed by atoms with E-state index in [0.29, 0.717) is 24.1 Å². The van der Waals surface area contributed by atoms with E-state index in [1.54, 1.807) is 48.5 Å². The van der Waals surface area contributed by atoms with Gasteiger partial charge in [-0.05, 0) is 48.9 Å². The Labute approximate surface area is 203 Å². The van der Waals surface area contributed by atoms with Crippen molar-refractivity contribution in [3.63, 3.8) is 0 Å². The molecule has 176 valence electrons. The zero-order valence-electron chi connectivity index (χ0n) is 19.1. The van der Waals surface area contributed by atoms with E-state index in [9.17, 15) is 19.2 Å². The Morgan fingerprint density at radius 2 is 1.43 bits per heavy atom. The maximum absolute atomic E-state index is 13.3. The molecule has 1 saturated heterocycles. The summed E-state index contributed by atoms with van der Waals surface area (Å²) in [5.41, 5.74) is 2.19. The summed E-state index contributed by atoms with van der Waals surface area (Å²) in [6, 6.07) is 25.0. The lowest BCUT2D eigenvalue weighted by Gasteiger charge is -2.28.